The van der Waals surface area contributed by atoms with E-state index in [4.69, 9.17) is 0 Å². The van der Waals surface area contributed by atoms with Gasteiger partial charge in [0.15, 0.2) is 0 Å². The molecule has 0 aromatic heterocycles. The van der Waals surface area contributed by atoms with Crippen LogP contribution in [0.5, 0.6) is 0 Å². The maximum atomic E-state index is 13.1. The Morgan fingerprint density at radius 2 is 2.18 bits per heavy atom. The van der Waals surface area contributed by atoms with E-state index in [1.54, 1.807) is 6.07 Å². The van der Waals surface area contributed by atoms with Crippen LogP contribution in [-0.4, -0.2) is 0 Å². The molecule has 0 N–H and O–H groups in total. The topological polar surface area (TPSA) is 0 Å². The highest BCUT2D eigenvalue weighted by Crippen LogP contribution is 2.22. The molecule has 0 heterocycles. The van der Waals surface area contributed by atoms with Crippen molar-refractivity contribution in [2.24, 2.45) is 0 Å². The van der Waals surface area contributed by atoms with Crippen molar-refractivity contribution in [3.8, 4) is 0 Å². The first-order chi connectivity index (χ1) is 5.16. The second kappa shape index (κ2) is 3.18. The van der Waals surface area contributed by atoms with E-state index in [9.17, 15) is 4.39 Å². The number of halogens is 2. The minimum absolute atomic E-state index is 0.236. The number of hydrogen-bond donors (Lipinski definition) is 0. The summed E-state index contributed by atoms with van der Waals surface area (Å²) in [7, 11) is 0. The monoisotopic (exact) mass is 214 g/mol. The predicted octanol–water partition coefficient (Wildman–Crippen LogP) is 3.54. The smallest absolute Gasteiger partial charge is 0.144 e. The third-order valence-corrected chi connectivity index (χ3v) is 2.17. The van der Waals surface area contributed by atoms with Crippen molar-refractivity contribution in [2.75, 3.05) is 0 Å². The van der Waals surface area contributed by atoms with E-state index in [2.05, 4.69) is 22.5 Å². The molecule has 0 aliphatic rings. The molecule has 0 aliphatic heterocycles. The molecule has 58 valence electrons. The highest BCUT2D eigenvalue weighted by Gasteiger charge is 2.04. The van der Waals surface area contributed by atoms with Crippen molar-refractivity contribution >= 4 is 22.0 Å². The molecular weight excluding hydrogens is 207 g/mol. The lowest BCUT2D eigenvalue weighted by molar-refractivity contribution is 0.617. The molecule has 0 saturated carbocycles. The standard InChI is InChI=1S/C9H8BrF/c1-3-7-6(2)4-5-8(10)9(7)11/h3-5H,1H2,2H3. The normalized spacial score (nSPS) is 9.73. The van der Waals surface area contributed by atoms with Crippen LogP contribution in [0, 0.1) is 12.7 Å². The zero-order valence-corrected chi connectivity index (χ0v) is 7.78. The van der Waals surface area contributed by atoms with Gasteiger partial charge >= 0.3 is 0 Å². The predicted molar refractivity (Wildman–Crippen MR) is 48.9 cm³/mol. The molecular formula is C9H8BrF. The van der Waals surface area contributed by atoms with Crippen LogP contribution in [0.15, 0.2) is 23.2 Å². The molecule has 11 heavy (non-hydrogen) atoms. The van der Waals surface area contributed by atoms with Gasteiger partial charge in [0, 0.05) is 5.56 Å². The SMILES string of the molecule is C=Cc1c(C)ccc(Br)c1F. The Labute approximate surface area is 73.9 Å². The number of hydrogen-bond acceptors (Lipinski definition) is 0. The van der Waals surface area contributed by atoms with E-state index in [0.29, 0.717) is 10.0 Å². The van der Waals surface area contributed by atoms with E-state index in [1.165, 1.54) is 6.08 Å². The summed E-state index contributed by atoms with van der Waals surface area (Å²) in [4.78, 5) is 0. The van der Waals surface area contributed by atoms with E-state index in [-0.39, 0.29) is 5.82 Å². The Hall–Kier alpha value is -0.630. The molecule has 1 aromatic rings. The number of rotatable bonds is 1. The lowest BCUT2D eigenvalue weighted by Gasteiger charge is -2.02. The average molecular weight is 215 g/mol. The first kappa shape index (κ1) is 8.47. The van der Waals surface area contributed by atoms with Crippen molar-refractivity contribution in [3.05, 3.63) is 40.1 Å². The fraction of sp³-hybridized carbons (Fsp3) is 0.111. The minimum atomic E-state index is -0.236. The van der Waals surface area contributed by atoms with Gasteiger partial charge in [0.1, 0.15) is 5.82 Å². The zero-order valence-electron chi connectivity index (χ0n) is 6.20. The fourth-order valence-electron chi connectivity index (χ4n) is 0.913. The highest BCUT2D eigenvalue weighted by atomic mass is 79.9. The van der Waals surface area contributed by atoms with Crippen LogP contribution in [0.2, 0.25) is 0 Å². The van der Waals surface area contributed by atoms with Gasteiger partial charge in [0.05, 0.1) is 4.47 Å². The van der Waals surface area contributed by atoms with Crippen LogP contribution in [0.3, 0.4) is 0 Å². The second-order valence-electron chi connectivity index (χ2n) is 2.30. The van der Waals surface area contributed by atoms with Gasteiger partial charge in [-0.25, -0.2) is 4.39 Å². The quantitative estimate of drug-likeness (QED) is 0.672. The molecule has 0 radical (unpaired) electrons. The van der Waals surface area contributed by atoms with Gasteiger partial charge in [-0.15, -0.1) is 0 Å². The molecule has 1 rings (SSSR count). The van der Waals surface area contributed by atoms with Crippen molar-refractivity contribution < 1.29 is 4.39 Å². The Balaban J connectivity index is 3.40. The molecule has 0 fully saturated rings. The van der Waals surface area contributed by atoms with E-state index in [1.807, 2.05) is 13.0 Å². The number of aryl methyl sites for hydroxylation is 1. The van der Waals surface area contributed by atoms with Crippen LogP contribution in [0.25, 0.3) is 6.08 Å². The Morgan fingerprint density at radius 1 is 1.55 bits per heavy atom. The molecule has 2 heteroatoms. The molecule has 0 atom stereocenters. The highest BCUT2D eigenvalue weighted by molar-refractivity contribution is 9.10. The van der Waals surface area contributed by atoms with Gasteiger partial charge in [-0.2, -0.15) is 0 Å². The third-order valence-electron chi connectivity index (χ3n) is 1.55. The summed E-state index contributed by atoms with van der Waals surface area (Å²) < 4.78 is 13.6. The Bertz CT molecular complexity index is 292. The molecule has 0 spiro atoms. The van der Waals surface area contributed by atoms with Crippen LogP contribution >= 0.6 is 15.9 Å². The summed E-state index contributed by atoms with van der Waals surface area (Å²) in [6.07, 6.45) is 1.52. The molecule has 0 nitrogen and oxygen atoms in total. The van der Waals surface area contributed by atoms with Gasteiger partial charge in [-0.1, -0.05) is 18.7 Å². The largest absolute Gasteiger partial charge is 0.205 e. The van der Waals surface area contributed by atoms with Crippen molar-refractivity contribution in [2.45, 2.75) is 6.92 Å². The molecule has 0 saturated heterocycles. The van der Waals surface area contributed by atoms with Gasteiger partial charge in [0.25, 0.3) is 0 Å². The lowest BCUT2D eigenvalue weighted by atomic mass is 10.1. The van der Waals surface area contributed by atoms with Crippen LogP contribution in [0.4, 0.5) is 4.39 Å². The molecule has 0 bridgehead atoms. The first-order valence-electron chi connectivity index (χ1n) is 3.24. The molecule has 1 aromatic carbocycles. The summed E-state index contributed by atoms with van der Waals surface area (Å²) in [5.74, 6) is -0.236. The van der Waals surface area contributed by atoms with E-state index >= 15 is 0 Å². The fourth-order valence-corrected chi connectivity index (χ4v) is 1.26. The maximum absolute atomic E-state index is 13.1. The van der Waals surface area contributed by atoms with Crippen LogP contribution < -0.4 is 0 Å². The van der Waals surface area contributed by atoms with E-state index in [0.717, 1.165) is 5.56 Å². The summed E-state index contributed by atoms with van der Waals surface area (Å²) in [5, 5.41) is 0. The van der Waals surface area contributed by atoms with E-state index < -0.39 is 0 Å². The second-order valence-corrected chi connectivity index (χ2v) is 3.15. The van der Waals surface area contributed by atoms with Crippen LogP contribution in [0.1, 0.15) is 11.1 Å². The van der Waals surface area contributed by atoms with Gasteiger partial charge in [-0.3, -0.25) is 0 Å². The van der Waals surface area contributed by atoms with Gasteiger partial charge < -0.3 is 0 Å². The Morgan fingerprint density at radius 3 is 2.64 bits per heavy atom. The molecule has 0 unspecified atom stereocenters. The van der Waals surface area contributed by atoms with Gasteiger partial charge in [-0.05, 0) is 34.5 Å². The maximum Gasteiger partial charge on any atom is 0.144 e. The summed E-state index contributed by atoms with van der Waals surface area (Å²) in [5.41, 5.74) is 1.47. The number of benzene rings is 1. The molecule has 0 aliphatic carbocycles. The first-order valence-corrected chi connectivity index (χ1v) is 4.03. The van der Waals surface area contributed by atoms with Crippen molar-refractivity contribution in [1.29, 1.82) is 0 Å². The van der Waals surface area contributed by atoms with Crippen LogP contribution in [-0.2, 0) is 0 Å². The average Bonchev–Trinajstić information content (AvgIpc) is 1.99. The van der Waals surface area contributed by atoms with Crippen molar-refractivity contribution in [1.82, 2.24) is 0 Å². The molecule has 0 amide bonds. The summed E-state index contributed by atoms with van der Waals surface area (Å²) in [6, 6.07) is 3.54. The lowest BCUT2D eigenvalue weighted by Crippen LogP contribution is -1.87. The Kier molecular flexibility index (Phi) is 2.45. The summed E-state index contributed by atoms with van der Waals surface area (Å²) >= 11 is 3.10. The third kappa shape index (κ3) is 1.51. The van der Waals surface area contributed by atoms with Crippen molar-refractivity contribution in [3.63, 3.8) is 0 Å². The summed E-state index contributed by atoms with van der Waals surface area (Å²) in [6.45, 7) is 5.39. The van der Waals surface area contributed by atoms with Gasteiger partial charge in [0.2, 0.25) is 0 Å². The zero-order chi connectivity index (χ0) is 8.43. The minimum Gasteiger partial charge on any atom is -0.205 e.